The zero-order valence-corrected chi connectivity index (χ0v) is 11.2. The lowest BCUT2D eigenvalue weighted by atomic mass is 10.1. The summed E-state index contributed by atoms with van der Waals surface area (Å²) in [5.41, 5.74) is 0.324. The molecule has 0 spiro atoms. The van der Waals surface area contributed by atoms with Crippen molar-refractivity contribution in [2.24, 2.45) is 0 Å². The molecule has 2 rings (SSSR count). The number of carbonyl (C=O) groups excluding carboxylic acids is 1. The van der Waals surface area contributed by atoms with E-state index >= 15 is 0 Å². The first-order chi connectivity index (χ1) is 9.34. The molecule has 2 atom stereocenters. The SMILES string of the molecule is CC[C@H]1[C@@H](O)C(F)(F)C(=O)N1c1ccc(C#N)c(Cl)c1. The number of aliphatic hydroxyl groups excluding tert-OH is 1. The van der Waals surface area contributed by atoms with E-state index in [2.05, 4.69) is 0 Å². The molecule has 1 aromatic carbocycles. The third-order valence-electron chi connectivity index (χ3n) is 3.34. The number of benzene rings is 1. The van der Waals surface area contributed by atoms with Gasteiger partial charge in [0.2, 0.25) is 0 Å². The van der Waals surface area contributed by atoms with Crippen molar-refractivity contribution < 1.29 is 18.7 Å². The van der Waals surface area contributed by atoms with E-state index in [-0.39, 0.29) is 22.7 Å². The molecule has 1 heterocycles. The average molecular weight is 301 g/mol. The lowest BCUT2D eigenvalue weighted by molar-refractivity contribution is -0.149. The highest BCUT2D eigenvalue weighted by atomic mass is 35.5. The predicted molar refractivity (Wildman–Crippen MR) is 68.7 cm³/mol. The van der Waals surface area contributed by atoms with Crippen LogP contribution in [-0.2, 0) is 4.79 Å². The normalized spacial score (nSPS) is 24.8. The second-order valence-electron chi connectivity index (χ2n) is 4.49. The van der Waals surface area contributed by atoms with Crippen molar-refractivity contribution in [3.63, 3.8) is 0 Å². The number of anilines is 1. The van der Waals surface area contributed by atoms with E-state index in [4.69, 9.17) is 16.9 Å². The van der Waals surface area contributed by atoms with Gasteiger partial charge in [-0.2, -0.15) is 14.0 Å². The summed E-state index contributed by atoms with van der Waals surface area (Å²) >= 11 is 5.84. The van der Waals surface area contributed by atoms with Gasteiger partial charge in [-0.1, -0.05) is 18.5 Å². The van der Waals surface area contributed by atoms with Gasteiger partial charge in [-0.15, -0.1) is 0 Å². The number of amides is 1. The highest BCUT2D eigenvalue weighted by Gasteiger charge is 2.61. The van der Waals surface area contributed by atoms with Crippen molar-refractivity contribution in [2.45, 2.75) is 31.4 Å². The quantitative estimate of drug-likeness (QED) is 0.911. The first-order valence-electron chi connectivity index (χ1n) is 5.93. The Balaban J connectivity index is 2.49. The molecule has 0 aromatic heterocycles. The smallest absolute Gasteiger partial charge is 0.352 e. The van der Waals surface area contributed by atoms with Crippen molar-refractivity contribution in [3.05, 3.63) is 28.8 Å². The molecule has 0 saturated carbocycles. The fourth-order valence-corrected chi connectivity index (χ4v) is 2.50. The van der Waals surface area contributed by atoms with Gasteiger partial charge < -0.3 is 10.0 Å². The Morgan fingerprint density at radius 2 is 2.20 bits per heavy atom. The van der Waals surface area contributed by atoms with Crippen LogP contribution in [-0.4, -0.2) is 29.1 Å². The Morgan fingerprint density at radius 3 is 2.70 bits per heavy atom. The van der Waals surface area contributed by atoms with Crippen LogP contribution in [0.15, 0.2) is 18.2 Å². The molecule has 4 nitrogen and oxygen atoms in total. The third kappa shape index (κ3) is 2.03. The second-order valence-corrected chi connectivity index (χ2v) is 4.90. The van der Waals surface area contributed by atoms with Gasteiger partial charge >= 0.3 is 11.8 Å². The van der Waals surface area contributed by atoms with Gasteiger partial charge in [0.05, 0.1) is 16.6 Å². The Labute approximate surface area is 119 Å². The van der Waals surface area contributed by atoms with Gasteiger partial charge in [0, 0.05) is 5.69 Å². The van der Waals surface area contributed by atoms with Crippen LogP contribution in [0, 0.1) is 11.3 Å². The number of hydrogen-bond donors (Lipinski definition) is 1. The topological polar surface area (TPSA) is 64.3 Å². The first kappa shape index (κ1) is 14.7. The van der Waals surface area contributed by atoms with E-state index in [1.54, 1.807) is 6.92 Å². The zero-order chi connectivity index (χ0) is 15.1. The zero-order valence-electron chi connectivity index (χ0n) is 10.5. The molecule has 1 saturated heterocycles. The summed E-state index contributed by atoms with van der Waals surface area (Å²) in [7, 11) is 0. The summed E-state index contributed by atoms with van der Waals surface area (Å²) in [6.45, 7) is 1.60. The molecule has 7 heteroatoms. The van der Waals surface area contributed by atoms with E-state index in [1.165, 1.54) is 18.2 Å². The van der Waals surface area contributed by atoms with Crippen LogP contribution in [0.4, 0.5) is 14.5 Å². The number of alkyl halides is 2. The Morgan fingerprint density at radius 1 is 1.55 bits per heavy atom. The number of rotatable bonds is 2. The molecule has 0 bridgehead atoms. The summed E-state index contributed by atoms with van der Waals surface area (Å²) in [5, 5.41) is 18.4. The molecule has 1 aliphatic rings. The van der Waals surface area contributed by atoms with Crippen LogP contribution >= 0.6 is 11.6 Å². The first-order valence-corrected chi connectivity index (χ1v) is 6.31. The van der Waals surface area contributed by atoms with Crippen LogP contribution in [0.2, 0.25) is 5.02 Å². The van der Waals surface area contributed by atoms with Gasteiger partial charge in [-0.05, 0) is 24.6 Å². The lowest BCUT2D eigenvalue weighted by Crippen LogP contribution is -2.37. The molecular weight excluding hydrogens is 290 g/mol. The number of hydrogen-bond acceptors (Lipinski definition) is 3. The fourth-order valence-electron chi connectivity index (χ4n) is 2.28. The van der Waals surface area contributed by atoms with E-state index < -0.39 is 24.0 Å². The highest BCUT2D eigenvalue weighted by molar-refractivity contribution is 6.32. The van der Waals surface area contributed by atoms with E-state index in [9.17, 15) is 18.7 Å². The molecule has 20 heavy (non-hydrogen) atoms. The van der Waals surface area contributed by atoms with E-state index in [0.29, 0.717) is 0 Å². The molecule has 0 unspecified atom stereocenters. The molecule has 1 amide bonds. The summed E-state index contributed by atoms with van der Waals surface area (Å²) in [5.74, 6) is -5.28. The van der Waals surface area contributed by atoms with Crippen molar-refractivity contribution in [2.75, 3.05) is 4.90 Å². The number of carbonyl (C=O) groups is 1. The van der Waals surface area contributed by atoms with Gasteiger partial charge in [-0.25, -0.2) is 0 Å². The average Bonchev–Trinajstić information content (AvgIpc) is 2.59. The van der Waals surface area contributed by atoms with Gasteiger partial charge in [-0.3, -0.25) is 4.79 Å². The minimum atomic E-state index is -3.82. The fraction of sp³-hybridized carbons (Fsp3) is 0.385. The lowest BCUT2D eigenvalue weighted by Gasteiger charge is -2.24. The standard InChI is InChI=1S/C13H11ClF2N2O2/c1-2-10-11(19)13(15,16)12(20)18(10)8-4-3-7(6-17)9(14)5-8/h3-5,10-11,19H,2H2,1H3/t10-,11+/m0/s1. The number of halogens is 3. The van der Waals surface area contributed by atoms with Crippen LogP contribution < -0.4 is 4.90 Å². The molecule has 1 aromatic rings. The Kier molecular flexibility index (Phi) is 3.67. The van der Waals surface area contributed by atoms with Crippen molar-refractivity contribution in [1.82, 2.24) is 0 Å². The van der Waals surface area contributed by atoms with E-state index in [0.717, 1.165) is 4.90 Å². The number of aliphatic hydroxyl groups is 1. The largest absolute Gasteiger partial charge is 0.384 e. The Bertz CT molecular complexity index is 601. The minimum Gasteiger partial charge on any atom is -0.384 e. The highest BCUT2D eigenvalue weighted by Crippen LogP contribution is 2.39. The maximum Gasteiger partial charge on any atom is 0.352 e. The summed E-state index contributed by atoms with van der Waals surface area (Å²) in [4.78, 5) is 12.6. The second kappa shape index (κ2) is 5.00. The number of nitrogens with zero attached hydrogens (tertiary/aromatic N) is 2. The van der Waals surface area contributed by atoms with Crippen molar-refractivity contribution in [1.29, 1.82) is 5.26 Å². The van der Waals surface area contributed by atoms with Gasteiger partial charge in [0.1, 0.15) is 12.2 Å². The molecule has 1 fully saturated rings. The predicted octanol–water partition coefficient (Wildman–Crippen LogP) is 2.33. The maximum absolute atomic E-state index is 13.6. The Hall–Kier alpha value is -1.71. The molecule has 1 aliphatic heterocycles. The minimum absolute atomic E-state index is 0.0670. The number of nitriles is 1. The van der Waals surface area contributed by atoms with Crippen LogP contribution in [0.1, 0.15) is 18.9 Å². The molecule has 1 N–H and O–H groups in total. The molecule has 0 aliphatic carbocycles. The van der Waals surface area contributed by atoms with Crippen LogP contribution in [0.5, 0.6) is 0 Å². The van der Waals surface area contributed by atoms with E-state index in [1.807, 2.05) is 6.07 Å². The summed E-state index contributed by atoms with van der Waals surface area (Å²) in [6.07, 6.45) is -1.89. The van der Waals surface area contributed by atoms with Crippen LogP contribution in [0.25, 0.3) is 0 Å². The summed E-state index contributed by atoms with van der Waals surface area (Å²) in [6, 6.07) is 4.80. The molecular formula is C13H11ClF2N2O2. The van der Waals surface area contributed by atoms with Gasteiger partial charge in [0.15, 0.2) is 0 Å². The maximum atomic E-state index is 13.6. The molecule has 106 valence electrons. The third-order valence-corrected chi connectivity index (χ3v) is 3.65. The molecule has 0 radical (unpaired) electrons. The van der Waals surface area contributed by atoms with Crippen molar-refractivity contribution >= 4 is 23.2 Å². The monoisotopic (exact) mass is 300 g/mol. The summed E-state index contributed by atoms with van der Waals surface area (Å²) < 4.78 is 27.2. The van der Waals surface area contributed by atoms with Gasteiger partial charge in [0.25, 0.3) is 0 Å². The van der Waals surface area contributed by atoms with Crippen molar-refractivity contribution in [3.8, 4) is 6.07 Å². The van der Waals surface area contributed by atoms with Crippen LogP contribution in [0.3, 0.4) is 0 Å².